The number of hydrogen-bond acceptors (Lipinski definition) is 3. The van der Waals surface area contributed by atoms with Crippen LogP contribution in [0.2, 0.25) is 0 Å². The van der Waals surface area contributed by atoms with Crippen LogP contribution in [0.1, 0.15) is 12.6 Å². The van der Waals surface area contributed by atoms with Gasteiger partial charge in [0.25, 0.3) is 0 Å². The molecule has 80 valence electrons. The third kappa shape index (κ3) is 3.40. The monoisotopic (exact) mass is 261 g/mol. The second-order valence-corrected chi connectivity index (χ2v) is 4.16. The van der Waals surface area contributed by atoms with Crippen LogP contribution in [-0.2, 0) is 18.4 Å². The molecule has 1 rings (SSSR count). The molecule has 0 aromatic carbocycles. The minimum atomic E-state index is 0.373. The number of rotatable bonds is 5. The summed E-state index contributed by atoms with van der Waals surface area (Å²) in [6.45, 7) is 3.32. The lowest BCUT2D eigenvalue weighted by molar-refractivity contribution is 0.102. The van der Waals surface area contributed by atoms with Crippen molar-refractivity contribution in [3.8, 4) is 0 Å². The topological polar surface area (TPSA) is 39.1 Å². The summed E-state index contributed by atoms with van der Waals surface area (Å²) in [6, 6.07) is 0.373. The number of halogens is 1. The van der Waals surface area contributed by atoms with Crippen molar-refractivity contribution in [2.24, 2.45) is 7.05 Å². The molecule has 0 saturated heterocycles. The number of nitrogens with zero attached hydrogens (tertiary/aromatic N) is 2. The van der Waals surface area contributed by atoms with E-state index in [1.807, 2.05) is 20.3 Å². The molecular formula is C9H16BrN3O. The maximum Gasteiger partial charge on any atom is 0.102 e. The third-order valence-corrected chi connectivity index (χ3v) is 2.62. The Kier molecular flexibility index (Phi) is 4.57. The zero-order valence-electron chi connectivity index (χ0n) is 8.75. The lowest BCUT2D eigenvalue weighted by Gasteiger charge is -2.09. The summed E-state index contributed by atoms with van der Waals surface area (Å²) in [5.41, 5.74) is 0.941. The van der Waals surface area contributed by atoms with Crippen LogP contribution in [0.4, 0.5) is 0 Å². The van der Waals surface area contributed by atoms with Gasteiger partial charge in [-0.05, 0) is 29.9 Å². The van der Waals surface area contributed by atoms with Crippen LogP contribution < -0.4 is 5.32 Å². The van der Waals surface area contributed by atoms with Gasteiger partial charge in [0, 0.05) is 19.3 Å². The predicted molar refractivity (Wildman–Crippen MR) is 59.1 cm³/mol. The van der Waals surface area contributed by atoms with Crippen molar-refractivity contribution in [2.45, 2.75) is 19.6 Å². The highest BCUT2D eigenvalue weighted by Gasteiger charge is 2.05. The lowest BCUT2D eigenvalue weighted by Crippen LogP contribution is -2.26. The van der Waals surface area contributed by atoms with Gasteiger partial charge in [0.05, 0.1) is 17.7 Å². The zero-order valence-corrected chi connectivity index (χ0v) is 10.3. The van der Waals surface area contributed by atoms with Crippen molar-refractivity contribution < 1.29 is 4.74 Å². The van der Waals surface area contributed by atoms with Gasteiger partial charge in [-0.2, -0.15) is 5.10 Å². The summed E-state index contributed by atoms with van der Waals surface area (Å²) >= 11 is 3.42. The van der Waals surface area contributed by atoms with E-state index in [9.17, 15) is 0 Å². The molecule has 1 aromatic rings. The lowest BCUT2D eigenvalue weighted by atomic mass is 10.4. The van der Waals surface area contributed by atoms with E-state index in [1.165, 1.54) is 0 Å². The minimum absolute atomic E-state index is 0.373. The van der Waals surface area contributed by atoms with Gasteiger partial charge in [0.15, 0.2) is 0 Å². The third-order valence-electron chi connectivity index (χ3n) is 1.95. The van der Waals surface area contributed by atoms with Crippen LogP contribution in [0, 0.1) is 0 Å². The highest BCUT2D eigenvalue weighted by molar-refractivity contribution is 9.10. The number of nitrogens with one attached hydrogen (secondary N) is 1. The van der Waals surface area contributed by atoms with Crippen LogP contribution in [0.15, 0.2) is 10.7 Å². The molecule has 0 aliphatic heterocycles. The summed E-state index contributed by atoms with van der Waals surface area (Å²) in [5, 5.41) is 7.37. The Hall–Kier alpha value is -0.390. The Morgan fingerprint density at radius 2 is 2.43 bits per heavy atom. The average molecular weight is 262 g/mol. The Morgan fingerprint density at radius 1 is 1.71 bits per heavy atom. The molecule has 4 nitrogen and oxygen atoms in total. The van der Waals surface area contributed by atoms with E-state index in [-0.39, 0.29) is 0 Å². The molecule has 0 saturated carbocycles. The summed E-state index contributed by atoms with van der Waals surface area (Å²) < 4.78 is 8.26. The van der Waals surface area contributed by atoms with Crippen molar-refractivity contribution >= 4 is 15.9 Å². The first kappa shape index (κ1) is 11.7. The van der Waals surface area contributed by atoms with Gasteiger partial charge in [0.1, 0.15) is 5.69 Å². The van der Waals surface area contributed by atoms with E-state index in [0.717, 1.165) is 10.2 Å². The molecule has 1 atom stereocenters. The van der Waals surface area contributed by atoms with Gasteiger partial charge >= 0.3 is 0 Å². The number of ether oxygens (including phenoxy) is 1. The molecule has 0 aliphatic rings. The van der Waals surface area contributed by atoms with E-state index in [4.69, 9.17) is 4.74 Å². The van der Waals surface area contributed by atoms with Gasteiger partial charge < -0.3 is 10.1 Å². The van der Waals surface area contributed by atoms with Crippen LogP contribution in [-0.4, -0.2) is 29.5 Å². The van der Waals surface area contributed by atoms with Crippen molar-refractivity contribution in [3.63, 3.8) is 0 Å². The average Bonchev–Trinajstić information content (AvgIpc) is 2.45. The van der Waals surface area contributed by atoms with E-state index >= 15 is 0 Å². The molecule has 0 radical (unpaired) electrons. The van der Waals surface area contributed by atoms with E-state index < -0.39 is 0 Å². The fraction of sp³-hybridized carbons (Fsp3) is 0.667. The van der Waals surface area contributed by atoms with Crippen LogP contribution in [0.3, 0.4) is 0 Å². The first-order chi connectivity index (χ1) is 6.63. The van der Waals surface area contributed by atoms with Gasteiger partial charge in [0.2, 0.25) is 0 Å². The molecule has 0 spiro atoms. The maximum atomic E-state index is 5.50. The fourth-order valence-corrected chi connectivity index (χ4v) is 1.51. The molecule has 0 bridgehead atoms. The number of aryl methyl sites for hydroxylation is 1. The summed E-state index contributed by atoms with van der Waals surface area (Å²) in [6.07, 6.45) is 1.92. The fourth-order valence-electron chi connectivity index (χ4n) is 1.02. The molecule has 1 heterocycles. The first-order valence-corrected chi connectivity index (χ1v) is 5.35. The van der Waals surface area contributed by atoms with Crippen molar-refractivity contribution in [1.29, 1.82) is 0 Å². The van der Waals surface area contributed by atoms with E-state index in [0.29, 0.717) is 19.3 Å². The largest absolute Gasteiger partial charge is 0.373 e. The smallest absolute Gasteiger partial charge is 0.102 e. The van der Waals surface area contributed by atoms with Crippen molar-refractivity contribution in [3.05, 3.63) is 16.4 Å². The molecular weight excluding hydrogens is 246 g/mol. The molecule has 1 aromatic heterocycles. The maximum absolute atomic E-state index is 5.50. The Bertz CT molecular complexity index is 288. The molecule has 5 heteroatoms. The molecule has 0 fully saturated rings. The predicted octanol–water partition coefficient (Wildman–Crippen LogP) is 1.31. The number of aromatic nitrogens is 2. The zero-order chi connectivity index (χ0) is 10.6. The minimum Gasteiger partial charge on any atom is -0.373 e. The van der Waals surface area contributed by atoms with Gasteiger partial charge in [-0.25, -0.2) is 0 Å². The summed E-state index contributed by atoms with van der Waals surface area (Å²) in [7, 11) is 3.81. The van der Waals surface area contributed by atoms with Gasteiger partial charge in [-0.1, -0.05) is 0 Å². The van der Waals surface area contributed by atoms with Crippen molar-refractivity contribution in [2.75, 3.05) is 13.7 Å². The van der Waals surface area contributed by atoms with E-state index in [1.54, 1.807) is 4.68 Å². The van der Waals surface area contributed by atoms with E-state index in [2.05, 4.69) is 33.3 Å². The SMILES string of the molecule is CNC(C)COCc1nn(C)cc1Br. The Balaban J connectivity index is 2.34. The van der Waals surface area contributed by atoms with Gasteiger partial charge in [-0.15, -0.1) is 0 Å². The Labute approximate surface area is 92.8 Å². The molecule has 0 amide bonds. The number of hydrogen-bond donors (Lipinski definition) is 1. The Morgan fingerprint density at radius 3 is 2.93 bits per heavy atom. The highest BCUT2D eigenvalue weighted by Crippen LogP contribution is 2.14. The van der Waals surface area contributed by atoms with Crippen molar-refractivity contribution in [1.82, 2.24) is 15.1 Å². The van der Waals surface area contributed by atoms with Gasteiger partial charge in [-0.3, -0.25) is 4.68 Å². The molecule has 14 heavy (non-hydrogen) atoms. The summed E-state index contributed by atoms with van der Waals surface area (Å²) in [5.74, 6) is 0. The normalized spacial score (nSPS) is 13.1. The van der Waals surface area contributed by atoms with Crippen LogP contribution >= 0.6 is 15.9 Å². The standard InChI is InChI=1S/C9H16BrN3O/c1-7(11-2)5-14-6-9-8(10)4-13(3)12-9/h4,7,11H,5-6H2,1-3H3. The molecule has 1 unspecified atom stereocenters. The quantitative estimate of drug-likeness (QED) is 0.869. The highest BCUT2D eigenvalue weighted by atomic mass is 79.9. The second kappa shape index (κ2) is 5.48. The van der Waals surface area contributed by atoms with Crippen LogP contribution in [0.5, 0.6) is 0 Å². The first-order valence-electron chi connectivity index (χ1n) is 4.56. The number of likely N-dealkylation sites (N-methyl/N-ethyl adjacent to an activating group) is 1. The molecule has 0 aliphatic carbocycles. The molecule has 1 N–H and O–H groups in total. The van der Waals surface area contributed by atoms with Crippen LogP contribution in [0.25, 0.3) is 0 Å². The second-order valence-electron chi connectivity index (χ2n) is 3.30. The summed E-state index contributed by atoms with van der Waals surface area (Å²) in [4.78, 5) is 0.